The van der Waals surface area contributed by atoms with Crippen LogP contribution in [0, 0.1) is 11.2 Å². The molecule has 0 aromatic heterocycles. The van der Waals surface area contributed by atoms with Crippen LogP contribution in [-0.4, -0.2) is 16.1 Å². The Hall–Kier alpha value is -2.56. The van der Waals surface area contributed by atoms with Gasteiger partial charge >= 0.3 is 0 Å². The highest BCUT2D eigenvalue weighted by molar-refractivity contribution is 5.96. The van der Waals surface area contributed by atoms with E-state index in [0.29, 0.717) is 17.5 Å². The lowest BCUT2D eigenvalue weighted by Gasteiger charge is -2.22. The highest BCUT2D eigenvalue weighted by Crippen LogP contribution is 2.33. The topological polar surface area (TPSA) is 69.6 Å². The minimum absolute atomic E-state index is 0.0618. The van der Waals surface area contributed by atoms with Crippen molar-refractivity contribution in [1.29, 1.82) is 0 Å². The number of anilines is 1. The number of phenolic OH excluding ortho intramolecular Hbond substituents is 2. The van der Waals surface area contributed by atoms with E-state index in [0.717, 1.165) is 0 Å². The van der Waals surface area contributed by atoms with E-state index in [4.69, 9.17) is 0 Å². The summed E-state index contributed by atoms with van der Waals surface area (Å²) in [6.07, 6.45) is 0.655. The largest absolute Gasteiger partial charge is 0.506 e. The van der Waals surface area contributed by atoms with Gasteiger partial charge in [0, 0.05) is 5.41 Å². The Labute approximate surface area is 134 Å². The lowest BCUT2D eigenvalue weighted by atomic mass is 9.89. The number of aromatic hydroxyl groups is 2. The molecular formula is C18H20FNO3. The zero-order valence-corrected chi connectivity index (χ0v) is 13.4. The van der Waals surface area contributed by atoms with Crippen molar-refractivity contribution in [2.45, 2.75) is 27.2 Å². The molecule has 122 valence electrons. The molecule has 0 aliphatic rings. The Morgan fingerprint density at radius 2 is 1.65 bits per heavy atom. The van der Waals surface area contributed by atoms with Crippen LogP contribution in [0.5, 0.6) is 11.5 Å². The summed E-state index contributed by atoms with van der Waals surface area (Å²) in [5.74, 6) is -1.42. The summed E-state index contributed by atoms with van der Waals surface area (Å²) < 4.78 is 13.5. The van der Waals surface area contributed by atoms with E-state index in [9.17, 15) is 19.4 Å². The smallest absolute Gasteiger partial charge is 0.230 e. The molecule has 0 heterocycles. The van der Waals surface area contributed by atoms with Gasteiger partial charge in [-0.1, -0.05) is 32.9 Å². The summed E-state index contributed by atoms with van der Waals surface area (Å²) in [6, 6.07) is 8.65. The van der Waals surface area contributed by atoms with E-state index < -0.39 is 17.0 Å². The van der Waals surface area contributed by atoms with Gasteiger partial charge in [-0.2, -0.15) is 0 Å². The van der Waals surface area contributed by atoms with Crippen LogP contribution < -0.4 is 5.32 Å². The molecule has 0 aliphatic carbocycles. The molecule has 2 aromatic rings. The molecule has 0 fully saturated rings. The highest BCUT2D eigenvalue weighted by Gasteiger charge is 2.26. The van der Waals surface area contributed by atoms with Crippen LogP contribution in [0.3, 0.4) is 0 Å². The molecule has 0 saturated heterocycles. The van der Waals surface area contributed by atoms with Crippen LogP contribution in [0.2, 0.25) is 0 Å². The highest BCUT2D eigenvalue weighted by atomic mass is 19.1. The van der Waals surface area contributed by atoms with Gasteiger partial charge in [0.05, 0.1) is 5.69 Å². The first-order valence-electron chi connectivity index (χ1n) is 7.38. The van der Waals surface area contributed by atoms with Crippen molar-refractivity contribution >= 4 is 11.6 Å². The van der Waals surface area contributed by atoms with E-state index >= 15 is 0 Å². The third kappa shape index (κ3) is 3.62. The van der Waals surface area contributed by atoms with Crippen molar-refractivity contribution in [3.8, 4) is 22.6 Å². The van der Waals surface area contributed by atoms with Gasteiger partial charge in [0.2, 0.25) is 5.91 Å². The number of carbonyl (C=O) groups is 1. The lowest BCUT2D eigenvalue weighted by Crippen LogP contribution is -2.30. The molecule has 4 nitrogen and oxygen atoms in total. The number of amides is 1. The minimum Gasteiger partial charge on any atom is -0.506 e. The summed E-state index contributed by atoms with van der Waals surface area (Å²) in [5.41, 5.74) is 0.854. The van der Waals surface area contributed by atoms with Gasteiger partial charge in [0.1, 0.15) is 5.75 Å². The molecule has 0 radical (unpaired) electrons. The second-order valence-corrected chi connectivity index (χ2v) is 6.09. The molecule has 5 heteroatoms. The van der Waals surface area contributed by atoms with Crippen molar-refractivity contribution < 1.29 is 19.4 Å². The van der Waals surface area contributed by atoms with Gasteiger partial charge in [-0.3, -0.25) is 4.79 Å². The molecule has 2 rings (SSSR count). The molecule has 0 spiro atoms. The third-order valence-electron chi connectivity index (χ3n) is 4.02. The van der Waals surface area contributed by atoms with Crippen LogP contribution in [0.1, 0.15) is 27.2 Å². The second kappa shape index (κ2) is 6.28. The molecule has 0 aliphatic heterocycles. The van der Waals surface area contributed by atoms with E-state index in [1.165, 1.54) is 18.2 Å². The van der Waals surface area contributed by atoms with Gasteiger partial charge in [-0.15, -0.1) is 0 Å². The van der Waals surface area contributed by atoms with Crippen molar-refractivity contribution in [1.82, 2.24) is 0 Å². The summed E-state index contributed by atoms with van der Waals surface area (Å²) in [5, 5.41) is 21.9. The monoisotopic (exact) mass is 317 g/mol. The predicted molar refractivity (Wildman–Crippen MR) is 87.9 cm³/mol. The Balaban J connectivity index is 2.36. The summed E-state index contributed by atoms with van der Waals surface area (Å²) in [6.45, 7) is 5.55. The molecular weight excluding hydrogens is 297 g/mol. The number of benzene rings is 2. The van der Waals surface area contributed by atoms with Crippen molar-refractivity contribution in [2.24, 2.45) is 5.41 Å². The molecule has 0 unspecified atom stereocenters. The maximum absolute atomic E-state index is 13.5. The van der Waals surface area contributed by atoms with Crippen molar-refractivity contribution in [3.63, 3.8) is 0 Å². The normalized spacial score (nSPS) is 11.3. The fraction of sp³-hybridized carbons (Fsp3) is 0.278. The fourth-order valence-electron chi connectivity index (χ4n) is 1.95. The van der Waals surface area contributed by atoms with Gasteiger partial charge in [0.25, 0.3) is 0 Å². The molecule has 2 aromatic carbocycles. The number of nitrogens with one attached hydrogen (secondary N) is 1. The zero-order valence-electron chi connectivity index (χ0n) is 13.4. The van der Waals surface area contributed by atoms with Crippen LogP contribution in [0.25, 0.3) is 11.1 Å². The van der Waals surface area contributed by atoms with Crippen LogP contribution in [0.15, 0.2) is 36.4 Å². The quantitative estimate of drug-likeness (QED) is 0.737. The summed E-state index contributed by atoms with van der Waals surface area (Å²) >= 11 is 0. The number of rotatable bonds is 4. The van der Waals surface area contributed by atoms with Crippen molar-refractivity contribution in [3.05, 3.63) is 42.2 Å². The second-order valence-electron chi connectivity index (χ2n) is 6.09. The first-order chi connectivity index (χ1) is 10.7. The number of hydrogen-bond donors (Lipinski definition) is 3. The predicted octanol–water partition coefficient (Wildman–Crippen LogP) is 4.28. The molecule has 23 heavy (non-hydrogen) atoms. The van der Waals surface area contributed by atoms with Gasteiger partial charge < -0.3 is 15.5 Å². The average molecular weight is 317 g/mol. The number of phenols is 2. The van der Waals surface area contributed by atoms with Gasteiger partial charge in [-0.25, -0.2) is 4.39 Å². The summed E-state index contributed by atoms with van der Waals surface area (Å²) in [7, 11) is 0. The molecule has 0 bridgehead atoms. The SMILES string of the molecule is CCC(C)(C)C(=O)Nc1cc(-c2ccc(O)c(F)c2)ccc1O. The van der Waals surface area contributed by atoms with Crippen LogP contribution in [0.4, 0.5) is 10.1 Å². The maximum Gasteiger partial charge on any atom is 0.230 e. The van der Waals surface area contributed by atoms with E-state index in [2.05, 4.69) is 5.32 Å². The minimum atomic E-state index is -0.728. The number of hydrogen-bond acceptors (Lipinski definition) is 3. The first kappa shape index (κ1) is 16.8. The molecule has 0 atom stereocenters. The zero-order chi connectivity index (χ0) is 17.2. The Morgan fingerprint density at radius 1 is 1.09 bits per heavy atom. The van der Waals surface area contributed by atoms with E-state index in [1.807, 2.05) is 20.8 Å². The first-order valence-corrected chi connectivity index (χ1v) is 7.38. The Morgan fingerprint density at radius 3 is 2.22 bits per heavy atom. The molecule has 0 saturated carbocycles. The number of halogens is 1. The Kier molecular flexibility index (Phi) is 4.59. The summed E-state index contributed by atoms with van der Waals surface area (Å²) in [4.78, 5) is 12.2. The Bertz CT molecular complexity index is 741. The molecule has 1 amide bonds. The van der Waals surface area contributed by atoms with Gasteiger partial charge in [-0.05, 0) is 41.8 Å². The fourth-order valence-corrected chi connectivity index (χ4v) is 1.95. The van der Waals surface area contributed by atoms with Crippen molar-refractivity contribution in [2.75, 3.05) is 5.32 Å². The van der Waals surface area contributed by atoms with E-state index in [1.54, 1.807) is 18.2 Å². The number of carbonyl (C=O) groups excluding carboxylic acids is 1. The average Bonchev–Trinajstić information content (AvgIpc) is 2.52. The third-order valence-corrected chi connectivity index (χ3v) is 4.02. The molecule has 3 N–H and O–H groups in total. The van der Waals surface area contributed by atoms with Gasteiger partial charge in [0.15, 0.2) is 11.6 Å². The van der Waals surface area contributed by atoms with E-state index in [-0.39, 0.29) is 17.3 Å². The lowest BCUT2D eigenvalue weighted by molar-refractivity contribution is -0.124. The van der Waals surface area contributed by atoms with Crippen LogP contribution >= 0.6 is 0 Å². The van der Waals surface area contributed by atoms with Crippen LogP contribution in [-0.2, 0) is 4.79 Å². The standard InChI is InChI=1S/C18H20FNO3/c1-4-18(2,3)17(23)20-14-10-12(6-8-16(14)22)11-5-7-15(21)13(19)9-11/h5-10,21-22H,4H2,1-3H3,(H,20,23). The maximum atomic E-state index is 13.5.